The van der Waals surface area contributed by atoms with Gasteiger partial charge in [-0.05, 0) is 81.9 Å². The topological polar surface area (TPSA) is 134 Å². The van der Waals surface area contributed by atoms with E-state index in [0.717, 1.165) is 44.2 Å². The molecule has 1 amide bonds. The predicted molar refractivity (Wildman–Crippen MR) is 151 cm³/mol. The summed E-state index contributed by atoms with van der Waals surface area (Å²) in [6.07, 6.45) is 12.2. The first-order valence-electron chi connectivity index (χ1n) is 13.6. The highest BCUT2D eigenvalue weighted by Crippen LogP contribution is 2.25. The standard InChI is InChI=1S/C28H35N7O3S/c29-27-26(28(36)32-23-17-21(18-30-19-23)7-6-14-34-12-4-5-13-34)33-25(20-31-27)22-8-10-24(11-9-22)39(37,38)35-15-2-1-3-16-35/h8-11,17-20H,1-7,12-16H2,(H2,29,31)(H,32,36). The maximum Gasteiger partial charge on any atom is 0.278 e. The molecule has 10 nitrogen and oxygen atoms in total. The van der Waals surface area contributed by atoms with Crippen molar-refractivity contribution >= 4 is 27.4 Å². The summed E-state index contributed by atoms with van der Waals surface area (Å²) < 4.78 is 27.5. The van der Waals surface area contributed by atoms with E-state index in [0.29, 0.717) is 30.0 Å². The molecule has 2 fully saturated rings. The third-order valence-corrected chi connectivity index (χ3v) is 9.22. The predicted octanol–water partition coefficient (Wildman–Crippen LogP) is 3.58. The van der Waals surface area contributed by atoms with Gasteiger partial charge in [0.25, 0.3) is 5.91 Å². The number of aromatic nitrogens is 3. The number of rotatable bonds is 9. The molecule has 11 heteroatoms. The Balaban J connectivity index is 1.26. The lowest BCUT2D eigenvalue weighted by atomic mass is 10.1. The average molecular weight is 550 g/mol. The van der Waals surface area contributed by atoms with E-state index in [4.69, 9.17) is 5.73 Å². The van der Waals surface area contributed by atoms with Crippen molar-refractivity contribution in [2.75, 3.05) is 43.8 Å². The summed E-state index contributed by atoms with van der Waals surface area (Å²) in [6.45, 7) is 4.52. The molecule has 3 N–H and O–H groups in total. The van der Waals surface area contributed by atoms with Crippen LogP contribution in [0.3, 0.4) is 0 Å². The molecule has 0 saturated carbocycles. The SMILES string of the molecule is Nc1ncc(-c2ccc(S(=O)(=O)N3CCCCC3)cc2)nc1C(=O)Nc1cncc(CCCN2CCCC2)c1. The van der Waals surface area contributed by atoms with Gasteiger partial charge in [0.05, 0.1) is 28.7 Å². The molecule has 4 heterocycles. The maximum atomic E-state index is 13.1. The first-order chi connectivity index (χ1) is 18.9. The van der Waals surface area contributed by atoms with Crippen molar-refractivity contribution in [2.24, 2.45) is 0 Å². The minimum Gasteiger partial charge on any atom is -0.382 e. The second-order valence-electron chi connectivity index (χ2n) is 10.2. The van der Waals surface area contributed by atoms with Crippen LogP contribution in [0.25, 0.3) is 11.3 Å². The molecule has 0 spiro atoms. The van der Waals surface area contributed by atoms with Crippen LogP contribution in [-0.2, 0) is 16.4 Å². The molecule has 2 aliphatic rings. The van der Waals surface area contributed by atoms with Crippen LogP contribution < -0.4 is 11.1 Å². The van der Waals surface area contributed by atoms with E-state index in [1.807, 2.05) is 12.3 Å². The number of likely N-dealkylation sites (tertiary alicyclic amines) is 1. The molecule has 0 radical (unpaired) electrons. The molecule has 2 saturated heterocycles. The lowest BCUT2D eigenvalue weighted by molar-refractivity contribution is 0.102. The number of amides is 1. The quantitative estimate of drug-likeness (QED) is 0.414. The normalized spacial score (nSPS) is 16.8. The largest absolute Gasteiger partial charge is 0.382 e. The highest BCUT2D eigenvalue weighted by atomic mass is 32.2. The number of piperidine rings is 1. The highest BCUT2D eigenvalue weighted by molar-refractivity contribution is 7.89. The summed E-state index contributed by atoms with van der Waals surface area (Å²) in [5, 5.41) is 2.84. The number of hydrogen-bond acceptors (Lipinski definition) is 8. The summed E-state index contributed by atoms with van der Waals surface area (Å²) in [6, 6.07) is 8.41. The number of pyridine rings is 1. The number of benzene rings is 1. The van der Waals surface area contributed by atoms with Gasteiger partial charge in [-0.1, -0.05) is 18.6 Å². The Morgan fingerprint density at radius 3 is 2.41 bits per heavy atom. The third-order valence-electron chi connectivity index (χ3n) is 7.31. The minimum absolute atomic E-state index is 0.00282. The zero-order chi connectivity index (χ0) is 27.2. The van der Waals surface area contributed by atoms with Gasteiger partial charge in [0.15, 0.2) is 11.5 Å². The molecule has 0 unspecified atom stereocenters. The zero-order valence-electron chi connectivity index (χ0n) is 22.1. The van der Waals surface area contributed by atoms with E-state index >= 15 is 0 Å². The number of carbonyl (C=O) groups is 1. The summed E-state index contributed by atoms with van der Waals surface area (Å²) in [4.78, 5) is 28.7. The molecule has 0 atom stereocenters. The molecular formula is C28H35N7O3S. The van der Waals surface area contributed by atoms with Crippen LogP contribution in [0, 0.1) is 0 Å². The maximum absolute atomic E-state index is 13.1. The van der Waals surface area contributed by atoms with Crippen LogP contribution in [0.1, 0.15) is 54.6 Å². The van der Waals surface area contributed by atoms with Crippen molar-refractivity contribution in [3.63, 3.8) is 0 Å². The number of nitrogens with zero attached hydrogens (tertiary/aromatic N) is 5. The van der Waals surface area contributed by atoms with E-state index < -0.39 is 15.9 Å². The number of sulfonamides is 1. The van der Waals surface area contributed by atoms with Gasteiger partial charge in [-0.3, -0.25) is 9.78 Å². The van der Waals surface area contributed by atoms with Crippen LogP contribution >= 0.6 is 0 Å². The van der Waals surface area contributed by atoms with Gasteiger partial charge in [0.2, 0.25) is 10.0 Å². The Labute approximate surface area is 229 Å². The number of hydrogen-bond donors (Lipinski definition) is 2. The average Bonchev–Trinajstić information content (AvgIpc) is 3.48. The number of nitrogen functional groups attached to an aromatic ring is 1. The molecule has 3 aromatic rings. The van der Waals surface area contributed by atoms with Crippen LogP contribution in [0.5, 0.6) is 0 Å². The third kappa shape index (κ3) is 6.60. The second kappa shape index (κ2) is 12.2. The Morgan fingerprint density at radius 1 is 0.949 bits per heavy atom. The van der Waals surface area contributed by atoms with E-state index in [9.17, 15) is 13.2 Å². The Hall–Kier alpha value is -3.41. The van der Waals surface area contributed by atoms with Crippen molar-refractivity contribution in [3.05, 3.63) is 60.2 Å². The van der Waals surface area contributed by atoms with Gasteiger partial charge in [-0.15, -0.1) is 0 Å². The van der Waals surface area contributed by atoms with Crippen molar-refractivity contribution in [1.82, 2.24) is 24.2 Å². The van der Waals surface area contributed by atoms with E-state index in [2.05, 4.69) is 25.2 Å². The highest BCUT2D eigenvalue weighted by Gasteiger charge is 2.26. The van der Waals surface area contributed by atoms with Gasteiger partial charge in [0.1, 0.15) is 0 Å². The molecule has 2 aromatic heterocycles. The number of nitrogens with one attached hydrogen (secondary N) is 1. The first kappa shape index (κ1) is 27.2. The summed E-state index contributed by atoms with van der Waals surface area (Å²) in [5.41, 5.74) is 8.68. The number of nitrogens with two attached hydrogens (primary N) is 1. The Morgan fingerprint density at radius 2 is 1.67 bits per heavy atom. The zero-order valence-corrected chi connectivity index (χ0v) is 22.9. The number of anilines is 2. The fourth-order valence-corrected chi connectivity index (χ4v) is 6.67. The van der Waals surface area contributed by atoms with E-state index in [-0.39, 0.29) is 16.4 Å². The van der Waals surface area contributed by atoms with Crippen LogP contribution in [-0.4, -0.2) is 71.2 Å². The Bertz CT molecular complexity index is 1400. The molecular weight excluding hydrogens is 514 g/mol. The van der Waals surface area contributed by atoms with Crippen molar-refractivity contribution < 1.29 is 13.2 Å². The molecule has 0 aliphatic carbocycles. The van der Waals surface area contributed by atoms with Gasteiger partial charge in [-0.2, -0.15) is 4.31 Å². The minimum atomic E-state index is -3.53. The van der Waals surface area contributed by atoms with Gasteiger partial charge < -0.3 is 16.0 Å². The molecule has 2 aliphatic heterocycles. The fraction of sp³-hybridized carbons (Fsp3) is 0.429. The lowest BCUT2D eigenvalue weighted by Crippen LogP contribution is -2.35. The van der Waals surface area contributed by atoms with Crippen LogP contribution in [0.15, 0.2) is 53.8 Å². The number of aryl methyl sites for hydroxylation is 1. The van der Waals surface area contributed by atoms with Crippen LogP contribution in [0.4, 0.5) is 11.5 Å². The van der Waals surface area contributed by atoms with Gasteiger partial charge in [-0.25, -0.2) is 18.4 Å². The fourth-order valence-electron chi connectivity index (χ4n) is 5.15. The van der Waals surface area contributed by atoms with Crippen molar-refractivity contribution in [2.45, 2.75) is 49.8 Å². The first-order valence-corrected chi connectivity index (χ1v) is 15.0. The molecule has 0 bridgehead atoms. The molecule has 1 aromatic carbocycles. The summed E-state index contributed by atoms with van der Waals surface area (Å²) >= 11 is 0. The monoisotopic (exact) mass is 549 g/mol. The van der Waals surface area contributed by atoms with Crippen molar-refractivity contribution in [1.29, 1.82) is 0 Å². The smallest absolute Gasteiger partial charge is 0.278 e. The van der Waals surface area contributed by atoms with Crippen molar-refractivity contribution in [3.8, 4) is 11.3 Å². The lowest BCUT2D eigenvalue weighted by Gasteiger charge is -2.25. The molecule has 5 rings (SSSR count). The summed E-state index contributed by atoms with van der Waals surface area (Å²) in [7, 11) is -3.53. The van der Waals surface area contributed by atoms with Gasteiger partial charge in [0, 0.05) is 24.8 Å². The van der Waals surface area contributed by atoms with Crippen LogP contribution in [0.2, 0.25) is 0 Å². The summed E-state index contributed by atoms with van der Waals surface area (Å²) in [5.74, 6) is -0.475. The molecule has 39 heavy (non-hydrogen) atoms. The van der Waals surface area contributed by atoms with E-state index in [1.165, 1.54) is 36.4 Å². The second-order valence-corrected chi connectivity index (χ2v) is 12.1. The molecule has 206 valence electrons. The van der Waals surface area contributed by atoms with Gasteiger partial charge >= 0.3 is 0 Å². The van der Waals surface area contributed by atoms with E-state index in [1.54, 1.807) is 30.5 Å². The number of carbonyl (C=O) groups excluding carboxylic acids is 1. The Kier molecular flexibility index (Phi) is 8.49.